The fraction of sp³-hybridized carbons (Fsp3) is 1.00. The molecule has 5 unspecified atom stereocenters. The van der Waals surface area contributed by atoms with Gasteiger partial charge in [0.1, 0.15) is 0 Å². The standard InChI is InChI=1S/C15H30N2O/c1-5-16-15-10-18-9-14(15)8-17-7-11(2)6-12(3)13(17)4/h11-16H,5-10H2,1-4H3. The molecule has 0 aromatic heterocycles. The molecule has 0 spiro atoms. The number of rotatable bonds is 4. The van der Waals surface area contributed by atoms with Crippen LogP contribution in [0.15, 0.2) is 0 Å². The maximum absolute atomic E-state index is 5.66. The summed E-state index contributed by atoms with van der Waals surface area (Å²) in [5, 5.41) is 3.57. The minimum Gasteiger partial charge on any atom is -0.379 e. The van der Waals surface area contributed by atoms with Gasteiger partial charge in [-0.25, -0.2) is 0 Å². The molecule has 0 radical (unpaired) electrons. The summed E-state index contributed by atoms with van der Waals surface area (Å²) in [6, 6.07) is 1.29. The maximum atomic E-state index is 5.66. The molecule has 0 aromatic rings. The van der Waals surface area contributed by atoms with E-state index in [9.17, 15) is 0 Å². The number of hydrogen-bond acceptors (Lipinski definition) is 3. The molecular formula is C15H30N2O. The molecule has 5 atom stereocenters. The van der Waals surface area contributed by atoms with Crippen molar-refractivity contribution in [1.29, 1.82) is 0 Å². The highest BCUT2D eigenvalue weighted by atomic mass is 16.5. The van der Waals surface area contributed by atoms with Crippen LogP contribution < -0.4 is 5.32 Å². The zero-order valence-corrected chi connectivity index (χ0v) is 12.5. The van der Waals surface area contributed by atoms with Crippen molar-refractivity contribution in [3.8, 4) is 0 Å². The summed E-state index contributed by atoms with van der Waals surface area (Å²) < 4.78 is 5.66. The van der Waals surface area contributed by atoms with Gasteiger partial charge in [-0.05, 0) is 31.7 Å². The minimum atomic E-state index is 0.565. The van der Waals surface area contributed by atoms with Crippen molar-refractivity contribution >= 4 is 0 Å². The molecule has 2 heterocycles. The van der Waals surface area contributed by atoms with E-state index in [-0.39, 0.29) is 0 Å². The van der Waals surface area contributed by atoms with Gasteiger partial charge in [0.05, 0.1) is 13.2 Å². The topological polar surface area (TPSA) is 24.5 Å². The summed E-state index contributed by atoms with van der Waals surface area (Å²) in [6.07, 6.45) is 1.38. The Balaban J connectivity index is 1.91. The Kier molecular flexibility index (Phi) is 5.05. The van der Waals surface area contributed by atoms with Crippen LogP contribution in [0.2, 0.25) is 0 Å². The van der Waals surface area contributed by atoms with E-state index < -0.39 is 0 Å². The summed E-state index contributed by atoms with van der Waals surface area (Å²) in [6.45, 7) is 14.7. The van der Waals surface area contributed by atoms with Gasteiger partial charge in [0.2, 0.25) is 0 Å². The molecule has 2 fully saturated rings. The van der Waals surface area contributed by atoms with Crippen LogP contribution in [0.5, 0.6) is 0 Å². The van der Waals surface area contributed by atoms with Crippen LogP contribution in [0.4, 0.5) is 0 Å². The summed E-state index contributed by atoms with van der Waals surface area (Å²) in [5.41, 5.74) is 0. The molecule has 0 saturated carbocycles. The highest BCUT2D eigenvalue weighted by Crippen LogP contribution is 2.28. The lowest BCUT2D eigenvalue weighted by Gasteiger charge is -2.42. The van der Waals surface area contributed by atoms with Gasteiger partial charge in [-0.2, -0.15) is 0 Å². The zero-order chi connectivity index (χ0) is 13.1. The van der Waals surface area contributed by atoms with Gasteiger partial charge in [-0.3, -0.25) is 4.90 Å². The van der Waals surface area contributed by atoms with Gasteiger partial charge in [-0.1, -0.05) is 20.8 Å². The third kappa shape index (κ3) is 3.25. The molecule has 3 nitrogen and oxygen atoms in total. The Morgan fingerprint density at radius 2 is 2.00 bits per heavy atom. The van der Waals surface area contributed by atoms with Crippen LogP contribution >= 0.6 is 0 Å². The van der Waals surface area contributed by atoms with Gasteiger partial charge in [0.25, 0.3) is 0 Å². The molecule has 2 rings (SSSR count). The van der Waals surface area contributed by atoms with Crippen LogP contribution in [-0.2, 0) is 4.74 Å². The lowest BCUT2D eigenvalue weighted by molar-refractivity contribution is 0.0593. The summed E-state index contributed by atoms with van der Waals surface area (Å²) >= 11 is 0. The average molecular weight is 254 g/mol. The molecule has 2 saturated heterocycles. The average Bonchev–Trinajstić information content (AvgIpc) is 2.73. The van der Waals surface area contributed by atoms with Crippen molar-refractivity contribution in [3.05, 3.63) is 0 Å². The van der Waals surface area contributed by atoms with Crippen molar-refractivity contribution in [3.63, 3.8) is 0 Å². The molecule has 18 heavy (non-hydrogen) atoms. The predicted molar refractivity (Wildman–Crippen MR) is 75.8 cm³/mol. The van der Waals surface area contributed by atoms with E-state index >= 15 is 0 Å². The van der Waals surface area contributed by atoms with E-state index in [0.29, 0.717) is 12.0 Å². The number of piperidine rings is 1. The highest BCUT2D eigenvalue weighted by Gasteiger charge is 2.34. The quantitative estimate of drug-likeness (QED) is 0.830. The smallest absolute Gasteiger partial charge is 0.0623 e. The van der Waals surface area contributed by atoms with E-state index in [1.54, 1.807) is 0 Å². The second-order valence-electron chi connectivity index (χ2n) is 6.47. The van der Waals surface area contributed by atoms with Gasteiger partial charge in [-0.15, -0.1) is 0 Å². The molecule has 2 aliphatic heterocycles. The fourth-order valence-corrected chi connectivity index (χ4v) is 3.64. The Hall–Kier alpha value is -0.120. The molecule has 106 valence electrons. The number of likely N-dealkylation sites (N-methyl/N-ethyl adjacent to an activating group) is 1. The van der Waals surface area contributed by atoms with Gasteiger partial charge in [0, 0.05) is 31.1 Å². The van der Waals surface area contributed by atoms with Crippen LogP contribution in [0.1, 0.15) is 34.1 Å². The second kappa shape index (κ2) is 6.36. The predicted octanol–water partition coefficient (Wildman–Crippen LogP) is 1.98. The molecule has 0 aliphatic carbocycles. The van der Waals surface area contributed by atoms with Crippen molar-refractivity contribution < 1.29 is 4.74 Å². The van der Waals surface area contributed by atoms with Crippen LogP contribution in [0.3, 0.4) is 0 Å². The number of likely N-dealkylation sites (tertiary alicyclic amines) is 1. The lowest BCUT2D eigenvalue weighted by atomic mass is 9.85. The largest absolute Gasteiger partial charge is 0.379 e. The molecule has 0 aromatic carbocycles. The molecule has 0 bridgehead atoms. The molecule has 3 heteroatoms. The number of nitrogens with zero attached hydrogens (tertiary/aromatic N) is 1. The number of hydrogen-bond donors (Lipinski definition) is 1. The first-order chi connectivity index (χ1) is 8.61. The molecule has 0 amide bonds. The zero-order valence-electron chi connectivity index (χ0n) is 12.5. The molecule has 2 aliphatic rings. The summed E-state index contributed by atoms with van der Waals surface area (Å²) in [5.74, 6) is 2.34. The van der Waals surface area contributed by atoms with Crippen molar-refractivity contribution in [1.82, 2.24) is 10.2 Å². The van der Waals surface area contributed by atoms with Crippen LogP contribution in [0.25, 0.3) is 0 Å². The number of ether oxygens (including phenoxy) is 1. The minimum absolute atomic E-state index is 0.565. The van der Waals surface area contributed by atoms with E-state index in [2.05, 4.69) is 37.9 Å². The van der Waals surface area contributed by atoms with Crippen molar-refractivity contribution in [2.24, 2.45) is 17.8 Å². The Bertz CT molecular complexity index is 259. The van der Waals surface area contributed by atoms with Crippen molar-refractivity contribution in [2.45, 2.75) is 46.2 Å². The maximum Gasteiger partial charge on any atom is 0.0623 e. The Morgan fingerprint density at radius 1 is 1.22 bits per heavy atom. The number of nitrogens with one attached hydrogen (secondary N) is 1. The fourth-order valence-electron chi connectivity index (χ4n) is 3.64. The first kappa shape index (κ1) is 14.3. The second-order valence-corrected chi connectivity index (χ2v) is 6.47. The first-order valence-corrected chi connectivity index (χ1v) is 7.67. The van der Waals surface area contributed by atoms with Crippen LogP contribution in [-0.4, -0.2) is 49.8 Å². The first-order valence-electron chi connectivity index (χ1n) is 7.67. The van der Waals surface area contributed by atoms with Gasteiger partial charge >= 0.3 is 0 Å². The van der Waals surface area contributed by atoms with Crippen LogP contribution in [0, 0.1) is 17.8 Å². The Morgan fingerprint density at radius 3 is 2.72 bits per heavy atom. The third-order valence-corrected chi connectivity index (χ3v) is 4.85. The van der Waals surface area contributed by atoms with E-state index in [1.807, 2.05) is 0 Å². The van der Waals surface area contributed by atoms with Crippen molar-refractivity contribution in [2.75, 3.05) is 32.8 Å². The monoisotopic (exact) mass is 254 g/mol. The van der Waals surface area contributed by atoms with E-state index in [1.165, 1.54) is 19.5 Å². The molecular weight excluding hydrogens is 224 g/mol. The molecule has 1 N–H and O–H groups in total. The summed E-state index contributed by atoms with van der Waals surface area (Å²) in [7, 11) is 0. The van der Waals surface area contributed by atoms with E-state index in [4.69, 9.17) is 4.74 Å². The normalized spacial score (nSPS) is 42.3. The summed E-state index contributed by atoms with van der Waals surface area (Å²) in [4.78, 5) is 2.70. The lowest BCUT2D eigenvalue weighted by Crippen LogP contribution is -2.50. The SMILES string of the molecule is CCNC1COCC1CN1CC(C)CC(C)C1C. The third-order valence-electron chi connectivity index (χ3n) is 4.85. The van der Waals surface area contributed by atoms with E-state index in [0.717, 1.165) is 37.6 Å². The van der Waals surface area contributed by atoms with Gasteiger partial charge < -0.3 is 10.1 Å². The highest BCUT2D eigenvalue weighted by molar-refractivity contribution is 4.88. The Labute approximate surface area is 112 Å². The van der Waals surface area contributed by atoms with Gasteiger partial charge in [0.15, 0.2) is 0 Å².